The van der Waals surface area contributed by atoms with E-state index in [9.17, 15) is 14.0 Å². The number of aromatic nitrogens is 1. The van der Waals surface area contributed by atoms with E-state index in [4.69, 9.17) is 9.15 Å². The molecule has 7 nitrogen and oxygen atoms in total. The van der Waals surface area contributed by atoms with Gasteiger partial charge in [0.25, 0.3) is 5.91 Å². The van der Waals surface area contributed by atoms with Gasteiger partial charge in [-0.15, -0.1) is 0 Å². The summed E-state index contributed by atoms with van der Waals surface area (Å²) >= 11 is 0. The fourth-order valence-corrected chi connectivity index (χ4v) is 3.26. The molecule has 0 saturated carbocycles. The maximum absolute atomic E-state index is 13.0. The highest BCUT2D eigenvalue weighted by Gasteiger charge is 2.23. The molecule has 1 saturated heterocycles. The molecule has 0 aliphatic carbocycles. The summed E-state index contributed by atoms with van der Waals surface area (Å²) in [6.07, 6.45) is 3.33. The zero-order valence-electron chi connectivity index (χ0n) is 16.8. The van der Waals surface area contributed by atoms with E-state index in [0.717, 1.165) is 18.4 Å². The standard InChI is InChI=1S/C23H22FN3O4/c24-16-5-3-15(4-6-16)20-14-25-22(31-20)12-11-21(28)26-17-7-9-18(10-8-17)27-23(29)19-2-1-13-30-19/h3-10,14,19H,1-2,11-13H2,(H,26,28)(H,27,29)/t19-/m0/s1. The molecule has 1 aromatic heterocycles. The molecule has 1 fully saturated rings. The molecule has 1 atom stereocenters. The van der Waals surface area contributed by atoms with Crippen molar-refractivity contribution in [1.82, 2.24) is 4.98 Å². The molecule has 0 unspecified atom stereocenters. The van der Waals surface area contributed by atoms with Crippen LogP contribution < -0.4 is 10.6 Å². The fourth-order valence-electron chi connectivity index (χ4n) is 3.26. The van der Waals surface area contributed by atoms with Gasteiger partial charge in [0, 0.05) is 36.4 Å². The predicted molar refractivity (Wildman–Crippen MR) is 113 cm³/mol. The number of amides is 2. The van der Waals surface area contributed by atoms with E-state index < -0.39 is 6.10 Å². The van der Waals surface area contributed by atoms with Crippen molar-refractivity contribution in [1.29, 1.82) is 0 Å². The Morgan fingerprint density at radius 3 is 2.42 bits per heavy atom. The lowest BCUT2D eigenvalue weighted by molar-refractivity contribution is -0.124. The largest absolute Gasteiger partial charge is 0.441 e. The van der Waals surface area contributed by atoms with Crippen LogP contribution in [-0.2, 0) is 20.7 Å². The average Bonchev–Trinajstić information content (AvgIpc) is 3.47. The van der Waals surface area contributed by atoms with E-state index in [1.807, 2.05) is 0 Å². The summed E-state index contributed by atoms with van der Waals surface area (Å²) in [5.41, 5.74) is 1.99. The normalized spacial score (nSPS) is 15.6. The van der Waals surface area contributed by atoms with Gasteiger partial charge in [0.2, 0.25) is 5.91 Å². The van der Waals surface area contributed by atoms with Gasteiger partial charge in [-0.1, -0.05) is 0 Å². The Balaban J connectivity index is 1.25. The van der Waals surface area contributed by atoms with Gasteiger partial charge in [-0.05, 0) is 61.4 Å². The zero-order chi connectivity index (χ0) is 21.6. The zero-order valence-corrected chi connectivity index (χ0v) is 16.8. The first-order valence-corrected chi connectivity index (χ1v) is 10.1. The summed E-state index contributed by atoms with van der Waals surface area (Å²) in [5.74, 6) is 0.300. The molecule has 2 heterocycles. The highest BCUT2D eigenvalue weighted by atomic mass is 19.1. The number of oxazole rings is 1. The summed E-state index contributed by atoms with van der Waals surface area (Å²) < 4.78 is 24.0. The van der Waals surface area contributed by atoms with Crippen LogP contribution in [-0.4, -0.2) is 29.5 Å². The van der Waals surface area contributed by atoms with Crippen LogP contribution in [0.2, 0.25) is 0 Å². The maximum atomic E-state index is 13.0. The lowest BCUT2D eigenvalue weighted by Gasteiger charge is -2.11. The van der Waals surface area contributed by atoms with Crippen molar-refractivity contribution in [3.8, 4) is 11.3 Å². The molecule has 8 heteroatoms. The Morgan fingerprint density at radius 1 is 1.03 bits per heavy atom. The van der Waals surface area contributed by atoms with Crippen LogP contribution in [0.5, 0.6) is 0 Å². The van der Waals surface area contributed by atoms with Gasteiger partial charge in [0.15, 0.2) is 11.7 Å². The van der Waals surface area contributed by atoms with Crippen LogP contribution in [0, 0.1) is 5.82 Å². The molecule has 0 spiro atoms. The molecule has 4 rings (SSSR count). The maximum Gasteiger partial charge on any atom is 0.253 e. The topological polar surface area (TPSA) is 93.5 Å². The van der Waals surface area contributed by atoms with Crippen LogP contribution in [0.3, 0.4) is 0 Å². The third-order valence-corrected chi connectivity index (χ3v) is 4.91. The molecular formula is C23H22FN3O4. The quantitative estimate of drug-likeness (QED) is 0.595. The van der Waals surface area contributed by atoms with Crippen LogP contribution in [0.25, 0.3) is 11.3 Å². The monoisotopic (exact) mass is 423 g/mol. The summed E-state index contributed by atoms with van der Waals surface area (Å²) in [6, 6.07) is 12.8. The van der Waals surface area contributed by atoms with Crippen LogP contribution in [0.15, 0.2) is 59.1 Å². The summed E-state index contributed by atoms with van der Waals surface area (Å²) in [6.45, 7) is 0.615. The number of hydrogen-bond acceptors (Lipinski definition) is 5. The first-order valence-electron chi connectivity index (χ1n) is 10.1. The number of aryl methyl sites for hydroxylation is 1. The van der Waals surface area contributed by atoms with E-state index in [1.165, 1.54) is 12.1 Å². The van der Waals surface area contributed by atoms with Gasteiger partial charge < -0.3 is 19.8 Å². The number of anilines is 2. The molecule has 2 aromatic carbocycles. The van der Waals surface area contributed by atoms with Crippen molar-refractivity contribution in [2.45, 2.75) is 31.8 Å². The van der Waals surface area contributed by atoms with Crippen molar-refractivity contribution in [2.24, 2.45) is 0 Å². The number of halogens is 1. The molecule has 2 N–H and O–H groups in total. The lowest BCUT2D eigenvalue weighted by Crippen LogP contribution is -2.26. The number of rotatable bonds is 7. The van der Waals surface area contributed by atoms with Crippen molar-refractivity contribution < 1.29 is 23.1 Å². The number of benzene rings is 2. The van der Waals surface area contributed by atoms with Gasteiger partial charge in [-0.25, -0.2) is 9.37 Å². The number of carbonyl (C=O) groups excluding carboxylic acids is 2. The lowest BCUT2D eigenvalue weighted by atomic mass is 10.2. The third kappa shape index (κ3) is 5.55. The van der Waals surface area contributed by atoms with E-state index >= 15 is 0 Å². The predicted octanol–water partition coefficient (Wildman–Crippen LogP) is 4.17. The van der Waals surface area contributed by atoms with E-state index in [2.05, 4.69) is 15.6 Å². The minimum absolute atomic E-state index is 0.153. The molecular weight excluding hydrogens is 401 g/mol. The first kappa shape index (κ1) is 20.7. The molecule has 3 aromatic rings. The number of nitrogens with zero attached hydrogens (tertiary/aromatic N) is 1. The molecule has 2 amide bonds. The molecule has 1 aliphatic rings. The molecule has 1 aliphatic heterocycles. The molecule has 160 valence electrons. The highest BCUT2D eigenvalue weighted by molar-refractivity contribution is 5.95. The van der Waals surface area contributed by atoms with Crippen LogP contribution in [0.4, 0.5) is 15.8 Å². The number of ether oxygens (including phenoxy) is 1. The van der Waals surface area contributed by atoms with Crippen molar-refractivity contribution in [3.05, 3.63) is 66.4 Å². The minimum atomic E-state index is -0.391. The van der Waals surface area contributed by atoms with Gasteiger partial charge >= 0.3 is 0 Å². The Kier molecular flexibility index (Phi) is 6.37. The second-order valence-electron chi connectivity index (χ2n) is 7.24. The molecule has 0 radical (unpaired) electrons. The second-order valence-corrected chi connectivity index (χ2v) is 7.24. The van der Waals surface area contributed by atoms with Gasteiger partial charge in [-0.3, -0.25) is 9.59 Å². The van der Waals surface area contributed by atoms with E-state index in [-0.39, 0.29) is 24.1 Å². The Hall–Kier alpha value is -3.52. The number of carbonyl (C=O) groups is 2. The third-order valence-electron chi connectivity index (χ3n) is 4.91. The summed E-state index contributed by atoms with van der Waals surface area (Å²) in [4.78, 5) is 28.5. The molecule has 31 heavy (non-hydrogen) atoms. The van der Waals surface area contributed by atoms with Gasteiger partial charge in [0.05, 0.1) is 6.20 Å². The van der Waals surface area contributed by atoms with Crippen molar-refractivity contribution in [2.75, 3.05) is 17.2 Å². The first-order chi connectivity index (χ1) is 15.1. The Labute approximate surface area is 178 Å². The van der Waals surface area contributed by atoms with E-state index in [0.29, 0.717) is 36.1 Å². The van der Waals surface area contributed by atoms with Crippen molar-refractivity contribution in [3.63, 3.8) is 0 Å². The summed E-state index contributed by atoms with van der Waals surface area (Å²) in [5, 5.41) is 5.62. The van der Waals surface area contributed by atoms with Gasteiger partial charge in [0.1, 0.15) is 11.9 Å². The van der Waals surface area contributed by atoms with Crippen molar-refractivity contribution >= 4 is 23.2 Å². The molecule has 0 bridgehead atoms. The minimum Gasteiger partial charge on any atom is -0.441 e. The number of hydrogen-bond donors (Lipinski definition) is 2. The van der Waals surface area contributed by atoms with E-state index in [1.54, 1.807) is 42.6 Å². The van der Waals surface area contributed by atoms with Crippen LogP contribution in [0.1, 0.15) is 25.2 Å². The van der Waals surface area contributed by atoms with Gasteiger partial charge in [-0.2, -0.15) is 0 Å². The number of nitrogens with one attached hydrogen (secondary N) is 2. The highest BCUT2D eigenvalue weighted by Crippen LogP contribution is 2.21. The SMILES string of the molecule is O=C(CCc1ncc(-c2ccc(F)cc2)o1)Nc1ccc(NC(=O)[C@@H]2CCCO2)cc1. The smallest absolute Gasteiger partial charge is 0.253 e. The average molecular weight is 423 g/mol. The van der Waals surface area contributed by atoms with Crippen LogP contribution >= 0.6 is 0 Å². The summed E-state index contributed by atoms with van der Waals surface area (Å²) in [7, 11) is 0. The Bertz CT molecular complexity index is 1040. The Morgan fingerprint density at radius 2 is 1.74 bits per heavy atom. The second kappa shape index (κ2) is 9.53. The fraction of sp³-hybridized carbons (Fsp3) is 0.261.